The Balaban J connectivity index is 2.29. The molecule has 1 aliphatic rings. The number of phenolic OH excluding ortho intramolecular Hbond substituents is 1. The molecular formula is C17H27NO. The zero-order chi connectivity index (χ0) is 14.0. The molecule has 1 N–H and O–H groups in total. The third-order valence-electron chi connectivity index (χ3n) is 4.49. The summed E-state index contributed by atoms with van der Waals surface area (Å²) < 4.78 is 0. The average molecular weight is 261 g/mol. The molecule has 0 fully saturated rings. The smallest absolute Gasteiger partial charge is 0.119 e. The van der Waals surface area contributed by atoms with Gasteiger partial charge in [-0.2, -0.15) is 0 Å². The van der Waals surface area contributed by atoms with Gasteiger partial charge in [0.05, 0.1) is 0 Å². The maximum atomic E-state index is 10.2. The van der Waals surface area contributed by atoms with Crippen LogP contribution in [-0.2, 0) is 6.42 Å². The highest BCUT2D eigenvalue weighted by molar-refractivity contribution is 5.44. The van der Waals surface area contributed by atoms with Gasteiger partial charge in [0.25, 0.3) is 0 Å². The molecule has 1 aromatic carbocycles. The Morgan fingerprint density at radius 1 is 1.37 bits per heavy atom. The van der Waals surface area contributed by atoms with Crippen LogP contribution in [0.25, 0.3) is 0 Å². The molecule has 19 heavy (non-hydrogen) atoms. The number of aromatic hydroxyl groups is 1. The van der Waals surface area contributed by atoms with Crippen molar-refractivity contribution >= 4 is 0 Å². The van der Waals surface area contributed by atoms with E-state index in [0.717, 1.165) is 13.0 Å². The molecule has 0 radical (unpaired) electrons. The number of fused-ring (bicyclic) bond motifs is 1. The molecule has 1 aromatic rings. The van der Waals surface area contributed by atoms with Crippen LogP contribution in [0.2, 0.25) is 0 Å². The molecule has 0 saturated carbocycles. The summed E-state index contributed by atoms with van der Waals surface area (Å²) in [6, 6.07) is 7.09. The minimum atomic E-state index is 0.416. The van der Waals surface area contributed by atoms with Crippen molar-refractivity contribution < 1.29 is 5.11 Å². The highest BCUT2D eigenvalue weighted by atomic mass is 16.3. The van der Waals surface area contributed by atoms with Crippen molar-refractivity contribution in [3.05, 3.63) is 29.3 Å². The summed E-state index contributed by atoms with van der Waals surface area (Å²) in [5.41, 5.74) is 2.52. The lowest BCUT2D eigenvalue weighted by molar-refractivity contribution is 0.121. The molecule has 0 saturated heterocycles. The summed E-state index contributed by atoms with van der Waals surface area (Å²) >= 11 is 0. The topological polar surface area (TPSA) is 23.5 Å². The Bertz CT molecular complexity index is 427. The van der Waals surface area contributed by atoms with Gasteiger partial charge in [-0.15, -0.1) is 0 Å². The normalized spacial score (nSPS) is 22.8. The Kier molecular flexibility index (Phi) is 4.51. The number of hydrogen-bond donors (Lipinski definition) is 1. The van der Waals surface area contributed by atoms with E-state index in [2.05, 4.69) is 38.7 Å². The van der Waals surface area contributed by atoms with Gasteiger partial charge < -0.3 is 5.11 Å². The monoisotopic (exact) mass is 261 g/mol. The average Bonchev–Trinajstić information content (AvgIpc) is 2.37. The number of rotatable bonds is 4. The molecule has 2 heteroatoms. The van der Waals surface area contributed by atoms with Crippen LogP contribution in [-0.4, -0.2) is 28.6 Å². The molecule has 1 aliphatic carbocycles. The Hall–Kier alpha value is -1.02. The first-order valence-corrected chi connectivity index (χ1v) is 7.62. The summed E-state index contributed by atoms with van der Waals surface area (Å²) in [7, 11) is 0. The summed E-state index contributed by atoms with van der Waals surface area (Å²) in [6.07, 6.45) is 3.48. The lowest BCUT2D eigenvalue weighted by Gasteiger charge is -2.42. The second-order valence-corrected chi connectivity index (χ2v) is 6.08. The van der Waals surface area contributed by atoms with Crippen LogP contribution in [0.5, 0.6) is 5.75 Å². The van der Waals surface area contributed by atoms with Gasteiger partial charge in [-0.25, -0.2) is 0 Å². The van der Waals surface area contributed by atoms with Gasteiger partial charge in [0.15, 0.2) is 0 Å². The van der Waals surface area contributed by atoms with Crippen molar-refractivity contribution in [2.45, 2.75) is 65.0 Å². The van der Waals surface area contributed by atoms with Crippen molar-refractivity contribution in [3.63, 3.8) is 0 Å². The fourth-order valence-electron chi connectivity index (χ4n) is 3.61. The highest BCUT2D eigenvalue weighted by Crippen LogP contribution is 2.39. The largest absolute Gasteiger partial charge is 0.508 e. The Labute approximate surface area is 117 Å². The van der Waals surface area contributed by atoms with E-state index in [1.54, 1.807) is 0 Å². The molecule has 0 aromatic heterocycles. The number of phenols is 1. The van der Waals surface area contributed by atoms with Crippen LogP contribution < -0.4 is 0 Å². The maximum absolute atomic E-state index is 10.2. The van der Waals surface area contributed by atoms with E-state index in [1.165, 1.54) is 24.0 Å². The number of benzene rings is 1. The fourth-order valence-corrected chi connectivity index (χ4v) is 3.61. The number of hydrogen-bond acceptors (Lipinski definition) is 2. The van der Waals surface area contributed by atoms with Crippen LogP contribution in [0, 0.1) is 0 Å². The van der Waals surface area contributed by atoms with E-state index < -0.39 is 0 Å². The zero-order valence-corrected chi connectivity index (χ0v) is 12.7. The summed E-state index contributed by atoms with van der Waals surface area (Å²) in [5, 5.41) is 10.2. The van der Waals surface area contributed by atoms with Crippen molar-refractivity contribution in [3.8, 4) is 5.75 Å². The summed E-state index contributed by atoms with van der Waals surface area (Å²) in [5.74, 6) is 0.897. The Morgan fingerprint density at radius 3 is 2.74 bits per heavy atom. The molecule has 0 amide bonds. The number of nitrogens with zero attached hydrogens (tertiary/aromatic N) is 1. The second kappa shape index (κ2) is 5.96. The first-order chi connectivity index (χ1) is 9.06. The van der Waals surface area contributed by atoms with Gasteiger partial charge in [0, 0.05) is 23.6 Å². The Morgan fingerprint density at radius 2 is 2.11 bits per heavy atom. The van der Waals surface area contributed by atoms with E-state index >= 15 is 0 Å². The third kappa shape index (κ3) is 2.79. The van der Waals surface area contributed by atoms with Crippen molar-refractivity contribution in [2.75, 3.05) is 6.54 Å². The molecule has 2 nitrogen and oxygen atoms in total. The highest BCUT2D eigenvalue weighted by Gasteiger charge is 2.32. The predicted octanol–water partition coefficient (Wildman–Crippen LogP) is 3.93. The molecule has 2 rings (SSSR count). The molecule has 0 heterocycles. The first kappa shape index (κ1) is 14.4. The van der Waals surface area contributed by atoms with E-state index in [-0.39, 0.29) is 0 Å². The second-order valence-electron chi connectivity index (χ2n) is 6.08. The van der Waals surface area contributed by atoms with E-state index in [1.807, 2.05) is 12.1 Å². The van der Waals surface area contributed by atoms with Gasteiger partial charge in [-0.3, -0.25) is 4.90 Å². The van der Waals surface area contributed by atoms with Gasteiger partial charge in [0.2, 0.25) is 0 Å². The van der Waals surface area contributed by atoms with Crippen LogP contribution >= 0.6 is 0 Å². The van der Waals surface area contributed by atoms with Crippen LogP contribution in [0.15, 0.2) is 18.2 Å². The lowest BCUT2D eigenvalue weighted by atomic mass is 9.78. The summed E-state index contributed by atoms with van der Waals surface area (Å²) in [6.45, 7) is 10.2. The minimum Gasteiger partial charge on any atom is -0.508 e. The fraction of sp³-hybridized carbons (Fsp3) is 0.647. The molecule has 0 aliphatic heterocycles. The van der Waals surface area contributed by atoms with Crippen molar-refractivity contribution in [1.82, 2.24) is 4.90 Å². The zero-order valence-electron chi connectivity index (χ0n) is 12.7. The predicted molar refractivity (Wildman–Crippen MR) is 80.8 cm³/mol. The molecule has 106 valence electrons. The quantitative estimate of drug-likeness (QED) is 0.887. The third-order valence-corrected chi connectivity index (χ3v) is 4.49. The van der Waals surface area contributed by atoms with Gasteiger partial charge >= 0.3 is 0 Å². The van der Waals surface area contributed by atoms with Gasteiger partial charge in [-0.05, 0) is 51.3 Å². The molecule has 0 spiro atoms. The standard InChI is InChI=1S/C17H27NO/c1-5-11-18(12(2)3)15-10-9-14-7-6-8-16(19)17(14)13(15)4/h6-8,12-13,15,19H,5,9-11H2,1-4H3/t13-,15-/m1/s1. The van der Waals surface area contributed by atoms with E-state index in [4.69, 9.17) is 0 Å². The van der Waals surface area contributed by atoms with Crippen LogP contribution in [0.3, 0.4) is 0 Å². The first-order valence-electron chi connectivity index (χ1n) is 7.62. The number of aryl methyl sites for hydroxylation is 1. The SMILES string of the molecule is CCCN(C(C)C)[C@@H]1CCc2cccc(O)c2[C@@H]1C. The molecule has 2 atom stereocenters. The van der Waals surface area contributed by atoms with Gasteiger partial charge in [-0.1, -0.05) is 26.0 Å². The minimum absolute atomic E-state index is 0.416. The lowest BCUT2D eigenvalue weighted by Crippen LogP contribution is -2.45. The molecule has 0 unspecified atom stereocenters. The maximum Gasteiger partial charge on any atom is 0.119 e. The van der Waals surface area contributed by atoms with Crippen molar-refractivity contribution in [1.29, 1.82) is 0 Å². The van der Waals surface area contributed by atoms with Crippen LogP contribution in [0.1, 0.15) is 57.6 Å². The summed E-state index contributed by atoms with van der Waals surface area (Å²) in [4.78, 5) is 2.61. The van der Waals surface area contributed by atoms with Crippen LogP contribution in [0.4, 0.5) is 0 Å². The van der Waals surface area contributed by atoms with E-state index in [9.17, 15) is 5.11 Å². The molecular weight excluding hydrogens is 234 g/mol. The van der Waals surface area contributed by atoms with Crippen molar-refractivity contribution in [2.24, 2.45) is 0 Å². The van der Waals surface area contributed by atoms with Gasteiger partial charge in [0.1, 0.15) is 5.75 Å². The molecule has 0 bridgehead atoms. The van der Waals surface area contributed by atoms with E-state index in [0.29, 0.717) is 23.8 Å².